The summed E-state index contributed by atoms with van der Waals surface area (Å²) in [6, 6.07) is 23.3. The molecule has 0 radical (unpaired) electrons. The largest absolute Gasteiger partial charge is 0.329 e. The fourth-order valence-electron chi connectivity index (χ4n) is 4.04. The van der Waals surface area contributed by atoms with Crippen LogP contribution in [-0.2, 0) is 0 Å². The predicted octanol–water partition coefficient (Wildman–Crippen LogP) is 5.65. The van der Waals surface area contributed by atoms with Crippen LogP contribution in [0.2, 0.25) is 5.02 Å². The molecule has 0 saturated carbocycles. The Kier molecular flexibility index (Phi) is 6.37. The van der Waals surface area contributed by atoms with E-state index in [2.05, 4.69) is 0 Å². The Morgan fingerprint density at radius 1 is 0.969 bits per heavy atom. The molecular formula is C26H24ClN3O2. The summed E-state index contributed by atoms with van der Waals surface area (Å²) in [6.07, 6.45) is 0.585. The molecular weight excluding hydrogens is 422 g/mol. The van der Waals surface area contributed by atoms with Crippen molar-refractivity contribution in [3.63, 3.8) is 0 Å². The molecule has 1 atom stereocenters. The lowest BCUT2D eigenvalue weighted by Crippen LogP contribution is -2.38. The number of rotatable bonds is 6. The molecule has 0 aliphatic carbocycles. The van der Waals surface area contributed by atoms with E-state index in [0.29, 0.717) is 46.0 Å². The third-order valence-electron chi connectivity index (χ3n) is 5.58. The average molecular weight is 446 g/mol. The van der Waals surface area contributed by atoms with Gasteiger partial charge in [0, 0.05) is 6.54 Å². The molecule has 0 fully saturated rings. The predicted molar refractivity (Wildman–Crippen MR) is 129 cm³/mol. The fourth-order valence-corrected chi connectivity index (χ4v) is 4.25. The maximum atomic E-state index is 13.6. The molecule has 32 heavy (non-hydrogen) atoms. The van der Waals surface area contributed by atoms with E-state index < -0.39 is 6.04 Å². The first-order valence-corrected chi connectivity index (χ1v) is 11.1. The summed E-state index contributed by atoms with van der Waals surface area (Å²) in [5, 5.41) is 0.938. The van der Waals surface area contributed by atoms with Crippen LogP contribution < -0.4 is 5.56 Å². The van der Waals surface area contributed by atoms with E-state index in [1.165, 1.54) is 0 Å². The van der Waals surface area contributed by atoms with Gasteiger partial charge in [0.05, 0.1) is 33.2 Å². The molecule has 1 amide bonds. The molecule has 3 aromatic carbocycles. The van der Waals surface area contributed by atoms with E-state index >= 15 is 0 Å². The Morgan fingerprint density at radius 2 is 1.62 bits per heavy atom. The number of aromatic nitrogens is 2. The van der Waals surface area contributed by atoms with Crippen molar-refractivity contribution in [1.29, 1.82) is 0 Å². The van der Waals surface area contributed by atoms with Crippen LogP contribution >= 0.6 is 11.6 Å². The summed E-state index contributed by atoms with van der Waals surface area (Å²) in [7, 11) is 0. The maximum Gasteiger partial charge on any atom is 0.266 e. The zero-order chi connectivity index (χ0) is 22.7. The molecule has 1 aromatic heterocycles. The summed E-state index contributed by atoms with van der Waals surface area (Å²) in [4.78, 5) is 33.7. The van der Waals surface area contributed by atoms with Gasteiger partial charge < -0.3 is 4.90 Å². The van der Waals surface area contributed by atoms with Gasteiger partial charge in [-0.3, -0.25) is 14.2 Å². The Morgan fingerprint density at radius 3 is 2.31 bits per heavy atom. The standard InChI is InChI=1S/C26H24ClN3O2/c1-3-23(29(4-2)25(31)19-14-8-10-16-21(19)27)24-28-22-17-11-9-15-20(22)26(32)30(24)18-12-6-5-7-13-18/h5-17,23H,3-4H2,1-2H3. The van der Waals surface area contributed by atoms with E-state index in [1.807, 2.05) is 62.4 Å². The number of hydrogen-bond donors (Lipinski definition) is 0. The van der Waals surface area contributed by atoms with Crippen molar-refractivity contribution in [2.45, 2.75) is 26.3 Å². The average Bonchev–Trinajstić information content (AvgIpc) is 2.83. The zero-order valence-corrected chi connectivity index (χ0v) is 18.8. The maximum absolute atomic E-state index is 13.6. The molecule has 0 saturated heterocycles. The highest BCUT2D eigenvalue weighted by molar-refractivity contribution is 6.33. The molecule has 4 rings (SSSR count). The number of hydrogen-bond acceptors (Lipinski definition) is 3. The quantitative estimate of drug-likeness (QED) is 0.385. The molecule has 4 aromatic rings. The Labute approximate surface area is 191 Å². The minimum absolute atomic E-state index is 0.156. The normalized spacial score (nSPS) is 12.0. The number of carbonyl (C=O) groups excluding carboxylic acids is 1. The number of amides is 1. The Bertz CT molecular complexity index is 1320. The summed E-state index contributed by atoms with van der Waals surface area (Å²) in [6.45, 7) is 4.35. The van der Waals surface area contributed by atoms with Crippen molar-refractivity contribution in [3.05, 3.63) is 106 Å². The van der Waals surface area contributed by atoms with Gasteiger partial charge in [0.2, 0.25) is 0 Å². The highest BCUT2D eigenvalue weighted by atomic mass is 35.5. The van der Waals surface area contributed by atoms with E-state index in [0.717, 1.165) is 0 Å². The van der Waals surface area contributed by atoms with Gasteiger partial charge in [-0.05, 0) is 49.7 Å². The van der Waals surface area contributed by atoms with Crippen LogP contribution in [0.4, 0.5) is 0 Å². The van der Waals surface area contributed by atoms with Crippen LogP contribution in [0, 0.1) is 0 Å². The lowest BCUT2D eigenvalue weighted by molar-refractivity contribution is 0.0672. The van der Waals surface area contributed by atoms with Gasteiger partial charge in [-0.25, -0.2) is 4.98 Å². The Balaban J connectivity index is 1.94. The van der Waals surface area contributed by atoms with Crippen LogP contribution in [0.25, 0.3) is 16.6 Å². The van der Waals surface area contributed by atoms with Crippen LogP contribution in [0.5, 0.6) is 0 Å². The van der Waals surface area contributed by atoms with Crippen molar-refractivity contribution >= 4 is 28.4 Å². The second kappa shape index (κ2) is 9.37. The van der Waals surface area contributed by atoms with Crippen LogP contribution in [0.3, 0.4) is 0 Å². The highest BCUT2D eigenvalue weighted by Crippen LogP contribution is 2.28. The molecule has 5 nitrogen and oxygen atoms in total. The second-order valence-corrected chi connectivity index (χ2v) is 7.87. The van der Waals surface area contributed by atoms with Crippen LogP contribution in [-0.4, -0.2) is 26.9 Å². The van der Waals surface area contributed by atoms with Gasteiger partial charge in [-0.2, -0.15) is 0 Å². The molecule has 0 spiro atoms. The van der Waals surface area contributed by atoms with Gasteiger partial charge in [-0.1, -0.05) is 61.0 Å². The Hall–Kier alpha value is -3.44. The number of benzene rings is 3. The first-order valence-electron chi connectivity index (χ1n) is 10.7. The zero-order valence-electron chi connectivity index (χ0n) is 18.0. The molecule has 0 aliphatic heterocycles. The van der Waals surface area contributed by atoms with Crippen molar-refractivity contribution in [3.8, 4) is 5.69 Å². The van der Waals surface area contributed by atoms with E-state index in [4.69, 9.17) is 16.6 Å². The lowest BCUT2D eigenvalue weighted by atomic mass is 10.1. The van der Waals surface area contributed by atoms with Crippen molar-refractivity contribution in [1.82, 2.24) is 14.5 Å². The van der Waals surface area contributed by atoms with Crippen molar-refractivity contribution < 1.29 is 4.79 Å². The molecule has 0 aliphatic rings. The highest BCUT2D eigenvalue weighted by Gasteiger charge is 2.29. The van der Waals surface area contributed by atoms with E-state index in [9.17, 15) is 9.59 Å². The first-order chi connectivity index (χ1) is 15.6. The molecule has 0 N–H and O–H groups in total. The summed E-state index contributed by atoms with van der Waals surface area (Å²) in [5.41, 5.74) is 1.60. The molecule has 1 heterocycles. The third kappa shape index (κ3) is 3.92. The van der Waals surface area contributed by atoms with E-state index in [-0.39, 0.29) is 11.5 Å². The van der Waals surface area contributed by atoms with Crippen LogP contribution in [0.15, 0.2) is 83.7 Å². The van der Waals surface area contributed by atoms with Crippen molar-refractivity contribution in [2.24, 2.45) is 0 Å². The SMILES string of the molecule is CCC(c1nc2ccccc2c(=O)n1-c1ccccc1)N(CC)C(=O)c1ccccc1Cl. The van der Waals surface area contributed by atoms with Crippen LogP contribution in [0.1, 0.15) is 42.5 Å². The molecule has 162 valence electrons. The van der Waals surface area contributed by atoms with Crippen molar-refractivity contribution in [2.75, 3.05) is 6.54 Å². The smallest absolute Gasteiger partial charge is 0.266 e. The van der Waals surface area contributed by atoms with Gasteiger partial charge >= 0.3 is 0 Å². The fraction of sp³-hybridized carbons (Fsp3) is 0.192. The summed E-state index contributed by atoms with van der Waals surface area (Å²) in [5.74, 6) is 0.344. The topological polar surface area (TPSA) is 55.2 Å². The number of halogens is 1. The number of para-hydroxylation sites is 2. The monoisotopic (exact) mass is 445 g/mol. The molecule has 0 bridgehead atoms. The van der Waals surface area contributed by atoms with Gasteiger partial charge in [-0.15, -0.1) is 0 Å². The van der Waals surface area contributed by atoms with Gasteiger partial charge in [0.1, 0.15) is 5.82 Å². The van der Waals surface area contributed by atoms with Gasteiger partial charge in [0.15, 0.2) is 0 Å². The minimum atomic E-state index is -0.415. The summed E-state index contributed by atoms with van der Waals surface area (Å²) < 4.78 is 1.62. The third-order valence-corrected chi connectivity index (χ3v) is 5.91. The van der Waals surface area contributed by atoms with E-state index in [1.54, 1.807) is 39.8 Å². The van der Waals surface area contributed by atoms with Gasteiger partial charge in [0.25, 0.3) is 11.5 Å². The molecule has 6 heteroatoms. The molecule has 1 unspecified atom stereocenters. The minimum Gasteiger partial charge on any atom is -0.329 e. The second-order valence-electron chi connectivity index (χ2n) is 7.46. The summed E-state index contributed by atoms with van der Waals surface area (Å²) >= 11 is 6.33. The number of nitrogens with zero attached hydrogens (tertiary/aromatic N) is 3. The lowest BCUT2D eigenvalue weighted by Gasteiger charge is -2.31. The first kappa shape index (κ1) is 21.8. The number of fused-ring (bicyclic) bond motifs is 1. The number of carbonyl (C=O) groups is 1.